The number of carbonyl (C=O) groups excluding carboxylic acids is 3. The lowest BCUT2D eigenvalue weighted by Gasteiger charge is -2.16. The minimum atomic E-state index is -0.598. The van der Waals surface area contributed by atoms with Gasteiger partial charge in [0.1, 0.15) is 22.2 Å². The second kappa shape index (κ2) is 9.41. The van der Waals surface area contributed by atoms with E-state index in [9.17, 15) is 14.4 Å². The van der Waals surface area contributed by atoms with Crippen LogP contribution in [0.5, 0.6) is 11.5 Å². The van der Waals surface area contributed by atoms with Crippen molar-refractivity contribution in [3.8, 4) is 11.5 Å². The summed E-state index contributed by atoms with van der Waals surface area (Å²) >= 11 is 6.21. The number of methoxy groups -OCH3 is 1. The highest BCUT2D eigenvalue weighted by Crippen LogP contribution is 2.31. The summed E-state index contributed by atoms with van der Waals surface area (Å²) < 4.78 is 10.4. The first kappa shape index (κ1) is 23.1. The van der Waals surface area contributed by atoms with E-state index in [1.165, 1.54) is 0 Å². The predicted octanol–water partition coefficient (Wildman–Crippen LogP) is 4.97. The molecule has 4 rings (SSSR count). The number of halogens is 1. The zero-order chi connectivity index (χ0) is 24.4. The molecule has 1 aliphatic heterocycles. The van der Waals surface area contributed by atoms with Crippen LogP contribution in [0.4, 0.5) is 11.4 Å². The Kier molecular flexibility index (Phi) is 6.38. The Bertz CT molecular complexity index is 1290. The van der Waals surface area contributed by atoms with Crippen LogP contribution in [0.25, 0.3) is 0 Å². The molecule has 8 heteroatoms. The number of carbonyl (C=O) groups is 3. The minimum Gasteiger partial charge on any atom is -0.497 e. The van der Waals surface area contributed by atoms with Crippen LogP contribution < -0.4 is 19.7 Å². The van der Waals surface area contributed by atoms with Crippen molar-refractivity contribution >= 4 is 40.8 Å². The van der Waals surface area contributed by atoms with E-state index in [1.54, 1.807) is 67.8 Å². The standard InChI is InChI=1S/C26H21ClN2O5/c1-15-12-16(2)14-19(13-15)29-24(30)22(27)23(25(29)31)28-18-6-4-17(5-7-18)26(32)34-21-10-8-20(33-3)9-11-21/h4-14,28H,1-3H3. The van der Waals surface area contributed by atoms with Crippen molar-refractivity contribution in [1.82, 2.24) is 0 Å². The second-order valence-corrected chi connectivity index (χ2v) is 8.13. The van der Waals surface area contributed by atoms with Crippen LogP contribution in [-0.2, 0) is 9.59 Å². The third kappa shape index (κ3) is 4.65. The number of esters is 1. The maximum absolute atomic E-state index is 13.0. The number of hydrogen-bond donors (Lipinski definition) is 1. The molecule has 34 heavy (non-hydrogen) atoms. The van der Waals surface area contributed by atoms with Crippen molar-refractivity contribution < 1.29 is 23.9 Å². The smallest absolute Gasteiger partial charge is 0.343 e. The number of benzene rings is 3. The Morgan fingerprint density at radius 2 is 1.44 bits per heavy atom. The fourth-order valence-corrected chi connectivity index (χ4v) is 3.78. The van der Waals surface area contributed by atoms with Crippen molar-refractivity contribution in [3.05, 3.63) is 94.1 Å². The van der Waals surface area contributed by atoms with Crippen molar-refractivity contribution in [1.29, 1.82) is 0 Å². The summed E-state index contributed by atoms with van der Waals surface area (Å²) in [6, 6.07) is 18.4. The predicted molar refractivity (Wildman–Crippen MR) is 129 cm³/mol. The molecule has 0 bridgehead atoms. The van der Waals surface area contributed by atoms with Gasteiger partial charge in [-0.05, 0) is 85.6 Å². The Morgan fingerprint density at radius 3 is 2.03 bits per heavy atom. The summed E-state index contributed by atoms with van der Waals surface area (Å²) in [5.41, 5.74) is 3.07. The van der Waals surface area contributed by atoms with E-state index in [-0.39, 0.29) is 10.7 Å². The van der Waals surface area contributed by atoms with Gasteiger partial charge in [-0.15, -0.1) is 0 Å². The molecule has 3 aromatic carbocycles. The van der Waals surface area contributed by atoms with Crippen molar-refractivity contribution in [2.75, 3.05) is 17.3 Å². The Labute approximate surface area is 201 Å². The van der Waals surface area contributed by atoms with Crippen LogP contribution in [0.2, 0.25) is 0 Å². The first-order valence-corrected chi connectivity index (χ1v) is 10.7. The van der Waals surface area contributed by atoms with Gasteiger partial charge in [0.15, 0.2) is 0 Å². The van der Waals surface area contributed by atoms with Gasteiger partial charge in [0.25, 0.3) is 11.8 Å². The molecule has 0 saturated carbocycles. The van der Waals surface area contributed by atoms with E-state index in [2.05, 4.69) is 5.32 Å². The molecule has 2 amide bonds. The summed E-state index contributed by atoms with van der Waals surface area (Å²) in [7, 11) is 1.55. The van der Waals surface area contributed by atoms with E-state index in [0.717, 1.165) is 16.0 Å². The minimum absolute atomic E-state index is 0.0283. The molecule has 172 valence electrons. The molecular weight excluding hydrogens is 456 g/mol. The maximum Gasteiger partial charge on any atom is 0.343 e. The third-order valence-electron chi connectivity index (χ3n) is 5.15. The van der Waals surface area contributed by atoms with Gasteiger partial charge in [-0.2, -0.15) is 0 Å². The van der Waals surface area contributed by atoms with E-state index < -0.39 is 17.8 Å². The lowest BCUT2D eigenvalue weighted by Crippen LogP contribution is -2.32. The average molecular weight is 477 g/mol. The van der Waals surface area contributed by atoms with Crippen LogP contribution in [0, 0.1) is 13.8 Å². The van der Waals surface area contributed by atoms with Crippen LogP contribution >= 0.6 is 11.6 Å². The van der Waals surface area contributed by atoms with Gasteiger partial charge >= 0.3 is 5.97 Å². The van der Waals surface area contributed by atoms with Crippen LogP contribution in [-0.4, -0.2) is 24.9 Å². The number of aryl methyl sites for hydroxylation is 2. The quantitative estimate of drug-likeness (QED) is 0.307. The van der Waals surface area contributed by atoms with E-state index in [4.69, 9.17) is 21.1 Å². The maximum atomic E-state index is 13.0. The topological polar surface area (TPSA) is 84.9 Å². The van der Waals surface area contributed by atoms with E-state index >= 15 is 0 Å². The third-order valence-corrected chi connectivity index (χ3v) is 5.50. The highest BCUT2D eigenvalue weighted by atomic mass is 35.5. The highest BCUT2D eigenvalue weighted by molar-refractivity contribution is 6.53. The number of amides is 2. The molecule has 0 fully saturated rings. The summed E-state index contributed by atoms with van der Waals surface area (Å²) in [4.78, 5) is 39.2. The summed E-state index contributed by atoms with van der Waals surface area (Å²) in [5.74, 6) is -0.658. The molecule has 0 radical (unpaired) electrons. The van der Waals surface area contributed by atoms with Crippen LogP contribution in [0.3, 0.4) is 0 Å². The second-order valence-electron chi connectivity index (χ2n) is 7.75. The van der Waals surface area contributed by atoms with Crippen LogP contribution in [0.15, 0.2) is 77.5 Å². The van der Waals surface area contributed by atoms with Gasteiger partial charge in [-0.3, -0.25) is 9.59 Å². The molecule has 0 atom stereocenters. The first-order chi connectivity index (χ1) is 16.3. The lowest BCUT2D eigenvalue weighted by molar-refractivity contribution is -0.120. The SMILES string of the molecule is COc1ccc(OC(=O)c2ccc(NC3=C(Cl)C(=O)N(c4cc(C)cc(C)c4)C3=O)cc2)cc1. The Balaban J connectivity index is 1.47. The molecular formula is C26H21ClN2O5. The summed E-state index contributed by atoms with van der Waals surface area (Å²) in [6.07, 6.45) is 0. The fourth-order valence-electron chi connectivity index (χ4n) is 3.57. The number of nitrogens with zero attached hydrogens (tertiary/aromatic N) is 1. The molecule has 1 aliphatic rings. The summed E-state index contributed by atoms with van der Waals surface area (Å²) in [6.45, 7) is 3.77. The molecule has 0 saturated heterocycles. The van der Waals surface area contributed by atoms with Crippen molar-refractivity contribution in [3.63, 3.8) is 0 Å². The molecule has 0 aromatic heterocycles. The van der Waals surface area contributed by atoms with Crippen molar-refractivity contribution in [2.45, 2.75) is 13.8 Å². The first-order valence-electron chi connectivity index (χ1n) is 10.4. The fraction of sp³-hybridized carbons (Fsp3) is 0.115. The number of anilines is 2. The molecule has 1 N–H and O–H groups in total. The van der Waals surface area contributed by atoms with Gasteiger partial charge in [0.2, 0.25) is 0 Å². The van der Waals surface area contributed by atoms with Gasteiger partial charge in [-0.1, -0.05) is 17.7 Å². The largest absolute Gasteiger partial charge is 0.497 e. The monoisotopic (exact) mass is 476 g/mol. The number of hydrogen-bond acceptors (Lipinski definition) is 6. The Hall–Kier alpha value is -4.10. The molecule has 0 spiro atoms. The normalized spacial score (nSPS) is 13.4. The molecule has 0 unspecified atom stereocenters. The number of rotatable bonds is 6. The van der Waals surface area contributed by atoms with Gasteiger partial charge in [0, 0.05) is 5.69 Å². The van der Waals surface area contributed by atoms with E-state index in [1.807, 2.05) is 19.9 Å². The van der Waals surface area contributed by atoms with Gasteiger partial charge in [0.05, 0.1) is 18.4 Å². The summed E-state index contributed by atoms with van der Waals surface area (Å²) in [5, 5.41) is 2.70. The zero-order valence-electron chi connectivity index (χ0n) is 18.7. The van der Waals surface area contributed by atoms with E-state index in [0.29, 0.717) is 28.4 Å². The van der Waals surface area contributed by atoms with Gasteiger partial charge in [-0.25, -0.2) is 9.69 Å². The van der Waals surface area contributed by atoms with Gasteiger partial charge < -0.3 is 14.8 Å². The average Bonchev–Trinajstić information content (AvgIpc) is 3.02. The molecule has 3 aromatic rings. The molecule has 1 heterocycles. The number of ether oxygens (including phenoxy) is 2. The lowest BCUT2D eigenvalue weighted by atomic mass is 10.1. The molecule has 7 nitrogen and oxygen atoms in total. The number of imide groups is 1. The molecule has 0 aliphatic carbocycles. The zero-order valence-corrected chi connectivity index (χ0v) is 19.5. The van der Waals surface area contributed by atoms with Crippen molar-refractivity contribution in [2.24, 2.45) is 0 Å². The number of nitrogens with one attached hydrogen (secondary N) is 1. The van der Waals surface area contributed by atoms with Crippen LogP contribution in [0.1, 0.15) is 21.5 Å². The highest BCUT2D eigenvalue weighted by Gasteiger charge is 2.39. The Morgan fingerprint density at radius 1 is 0.853 bits per heavy atom.